The molecule has 0 spiro atoms. The molecule has 3 aromatic rings. The number of aryl methyl sites for hydroxylation is 3. The number of hydrogen-bond donors (Lipinski definition) is 1. The largest absolute Gasteiger partial charge is 0.322 e. The van der Waals surface area contributed by atoms with Crippen LogP contribution in [0, 0.1) is 20.8 Å². The number of carbonyl (C=O) groups is 1. The third kappa shape index (κ3) is 5.85. The lowest BCUT2D eigenvalue weighted by Gasteiger charge is -2.24. The van der Waals surface area contributed by atoms with E-state index in [0.29, 0.717) is 19.5 Å². The minimum absolute atomic E-state index is 0.106. The molecule has 0 fully saturated rings. The van der Waals surface area contributed by atoms with Gasteiger partial charge in [-0.1, -0.05) is 77.3 Å². The Bertz CT molecular complexity index is 1000. The fraction of sp³-hybridized carbons (Fsp3) is 0.240. The van der Waals surface area contributed by atoms with Gasteiger partial charge in [-0.2, -0.15) is 0 Å². The summed E-state index contributed by atoms with van der Waals surface area (Å²) in [5.74, 6) is 0. The first-order chi connectivity index (χ1) is 13.9. The molecule has 0 bridgehead atoms. The number of nitrogens with zero attached hydrogens (tertiary/aromatic N) is 1. The van der Waals surface area contributed by atoms with Crippen molar-refractivity contribution in [2.75, 3.05) is 11.9 Å². The molecular weight excluding hydrogens is 380 g/mol. The van der Waals surface area contributed by atoms with Gasteiger partial charge in [-0.25, -0.2) is 4.79 Å². The number of nitrogens with one attached hydrogen (secondary N) is 1. The molecule has 1 N–H and O–H groups in total. The summed E-state index contributed by atoms with van der Waals surface area (Å²) in [4.78, 5) is 15.0. The summed E-state index contributed by atoms with van der Waals surface area (Å²) in [6, 6.07) is 22.0. The van der Waals surface area contributed by atoms with Crippen molar-refractivity contribution in [3.63, 3.8) is 0 Å². The first-order valence-electron chi connectivity index (χ1n) is 9.84. The van der Waals surface area contributed by atoms with E-state index < -0.39 is 0 Å². The maximum Gasteiger partial charge on any atom is 0.322 e. The van der Waals surface area contributed by atoms with E-state index in [-0.39, 0.29) is 6.03 Å². The quantitative estimate of drug-likeness (QED) is 0.495. The first kappa shape index (κ1) is 20.9. The predicted molar refractivity (Wildman–Crippen MR) is 122 cm³/mol. The van der Waals surface area contributed by atoms with Crippen LogP contribution in [-0.2, 0) is 13.0 Å². The third-order valence-electron chi connectivity index (χ3n) is 4.98. The second kappa shape index (κ2) is 9.62. The van der Waals surface area contributed by atoms with Gasteiger partial charge in [-0.15, -0.1) is 0 Å². The predicted octanol–water partition coefficient (Wildman–Crippen LogP) is 6.54. The smallest absolute Gasteiger partial charge is 0.320 e. The Hall–Kier alpha value is -2.78. The number of urea groups is 1. The monoisotopic (exact) mass is 406 g/mol. The molecule has 0 radical (unpaired) electrons. The number of halogens is 1. The van der Waals surface area contributed by atoms with E-state index in [0.717, 1.165) is 27.4 Å². The Balaban J connectivity index is 1.78. The zero-order valence-electron chi connectivity index (χ0n) is 17.2. The zero-order chi connectivity index (χ0) is 20.8. The first-order valence-corrected chi connectivity index (χ1v) is 10.2. The molecule has 0 saturated carbocycles. The van der Waals surface area contributed by atoms with Crippen molar-refractivity contribution in [3.05, 3.63) is 99.6 Å². The van der Waals surface area contributed by atoms with Gasteiger partial charge < -0.3 is 10.2 Å². The lowest BCUT2D eigenvalue weighted by Crippen LogP contribution is -2.36. The average molecular weight is 407 g/mol. The van der Waals surface area contributed by atoms with Gasteiger partial charge in [0, 0.05) is 23.8 Å². The van der Waals surface area contributed by atoms with Crippen LogP contribution in [0.15, 0.2) is 66.7 Å². The summed E-state index contributed by atoms with van der Waals surface area (Å²) < 4.78 is 0. The highest BCUT2D eigenvalue weighted by molar-refractivity contribution is 6.31. The molecule has 3 nitrogen and oxygen atoms in total. The Morgan fingerprint density at radius 2 is 1.69 bits per heavy atom. The number of carbonyl (C=O) groups excluding carboxylic acids is 1. The number of anilines is 1. The summed E-state index contributed by atoms with van der Waals surface area (Å²) in [5, 5.41) is 3.81. The van der Waals surface area contributed by atoms with E-state index in [2.05, 4.69) is 36.5 Å². The Morgan fingerprint density at radius 3 is 2.41 bits per heavy atom. The van der Waals surface area contributed by atoms with Crippen molar-refractivity contribution >= 4 is 23.3 Å². The number of amides is 2. The van der Waals surface area contributed by atoms with Crippen molar-refractivity contribution in [2.24, 2.45) is 0 Å². The van der Waals surface area contributed by atoms with Crippen molar-refractivity contribution in [2.45, 2.75) is 33.7 Å². The van der Waals surface area contributed by atoms with E-state index in [1.54, 1.807) is 0 Å². The minimum Gasteiger partial charge on any atom is -0.320 e. The van der Waals surface area contributed by atoms with Gasteiger partial charge in [0.1, 0.15) is 0 Å². The SMILES string of the molecule is Cc1cccc(CN(CCc2ccccc2Cl)C(=O)Nc2ccc(C)cc2C)c1. The Kier molecular flexibility index (Phi) is 6.95. The molecule has 4 heteroatoms. The standard InChI is InChI=1S/C25H27ClN2O/c1-18-7-6-8-21(16-18)17-28(14-13-22-9-4-5-10-23(22)26)25(29)27-24-12-11-19(2)15-20(24)3/h4-12,15-16H,13-14,17H2,1-3H3,(H,27,29). The summed E-state index contributed by atoms with van der Waals surface area (Å²) in [6.07, 6.45) is 0.700. The van der Waals surface area contributed by atoms with E-state index in [4.69, 9.17) is 11.6 Å². The van der Waals surface area contributed by atoms with Crippen LogP contribution in [0.1, 0.15) is 27.8 Å². The lowest BCUT2D eigenvalue weighted by molar-refractivity contribution is 0.210. The van der Waals surface area contributed by atoms with E-state index in [1.807, 2.05) is 61.2 Å². The van der Waals surface area contributed by atoms with Gasteiger partial charge in [-0.05, 0) is 56.0 Å². The van der Waals surface area contributed by atoms with Gasteiger partial charge in [-0.3, -0.25) is 0 Å². The van der Waals surface area contributed by atoms with Gasteiger partial charge >= 0.3 is 6.03 Å². The second-order valence-corrected chi connectivity index (χ2v) is 7.91. The molecule has 0 saturated heterocycles. The summed E-state index contributed by atoms with van der Waals surface area (Å²) in [7, 11) is 0. The van der Waals surface area contributed by atoms with Crippen molar-refractivity contribution in [1.82, 2.24) is 4.90 Å². The van der Waals surface area contributed by atoms with E-state index in [1.165, 1.54) is 11.1 Å². The Morgan fingerprint density at radius 1 is 0.931 bits per heavy atom. The van der Waals surface area contributed by atoms with Gasteiger partial charge in [0.2, 0.25) is 0 Å². The maximum atomic E-state index is 13.1. The van der Waals surface area contributed by atoms with Crippen LogP contribution in [0.5, 0.6) is 0 Å². The van der Waals surface area contributed by atoms with Crippen LogP contribution in [0.4, 0.5) is 10.5 Å². The lowest BCUT2D eigenvalue weighted by atomic mass is 10.1. The summed E-state index contributed by atoms with van der Waals surface area (Å²) in [5.41, 5.74) is 6.41. The van der Waals surface area contributed by atoms with Gasteiger partial charge in [0.15, 0.2) is 0 Å². The van der Waals surface area contributed by atoms with Crippen LogP contribution in [0.3, 0.4) is 0 Å². The van der Waals surface area contributed by atoms with Gasteiger partial charge in [0.25, 0.3) is 0 Å². The molecule has 0 atom stereocenters. The fourth-order valence-corrected chi connectivity index (χ4v) is 3.62. The topological polar surface area (TPSA) is 32.3 Å². The van der Waals surface area contributed by atoms with Crippen LogP contribution < -0.4 is 5.32 Å². The van der Waals surface area contributed by atoms with Crippen LogP contribution in [0.25, 0.3) is 0 Å². The van der Waals surface area contributed by atoms with E-state index in [9.17, 15) is 4.79 Å². The molecule has 0 aliphatic rings. The molecular formula is C25H27ClN2O. The highest BCUT2D eigenvalue weighted by atomic mass is 35.5. The van der Waals surface area contributed by atoms with E-state index >= 15 is 0 Å². The highest BCUT2D eigenvalue weighted by Gasteiger charge is 2.16. The summed E-state index contributed by atoms with van der Waals surface area (Å²) in [6.45, 7) is 7.24. The molecule has 150 valence electrons. The normalized spacial score (nSPS) is 10.6. The molecule has 3 aromatic carbocycles. The van der Waals surface area contributed by atoms with Crippen LogP contribution in [0.2, 0.25) is 5.02 Å². The minimum atomic E-state index is -0.106. The zero-order valence-corrected chi connectivity index (χ0v) is 18.0. The fourth-order valence-electron chi connectivity index (χ4n) is 3.39. The molecule has 0 unspecified atom stereocenters. The van der Waals surface area contributed by atoms with Crippen molar-refractivity contribution in [3.8, 4) is 0 Å². The van der Waals surface area contributed by atoms with Gasteiger partial charge in [0.05, 0.1) is 0 Å². The molecule has 0 aliphatic heterocycles. The number of benzene rings is 3. The van der Waals surface area contributed by atoms with Crippen LogP contribution >= 0.6 is 11.6 Å². The maximum absolute atomic E-state index is 13.1. The number of hydrogen-bond acceptors (Lipinski definition) is 1. The molecule has 3 rings (SSSR count). The Labute approximate surface area is 178 Å². The number of rotatable bonds is 6. The van der Waals surface area contributed by atoms with Crippen LogP contribution in [-0.4, -0.2) is 17.5 Å². The van der Waals surface area contributed by atoms with Crippen molar-refractivity contribution in [1.29, 1.82) is 0 Å². The molecule has 0 aliphatic carbocycles. The van der Waals surface area contributed by atoms with Crippen molar-refractivity contribution < 1.29 is 4.79 Å². The summed E-state index contributed by atoms with van der Waals surface area (Å²) >= 11 is 6.31. The molecule has 29 heavy (non-hydrogen) atoms. The second-order valence-electron chi connectivity index (χ2n) is 7.50. The highest BCUT2D eigenvalue weighted by Crippen LogP contribution is 2.19. The molecule has 2 amide bonds. The average Bonchev–Trinajstić information content (AvgIpc) is 2.68. The third-order valence-corrected chi connectivity index (χ3v) is 5.34. The molecule has 0 aromatic heterocycles. The molecule has 0 heterocycles.